The van der Waals surface area contributed by atoms with Gasteiger partial charge in [-0.15, -0.1) is 0 Å². The SMILES string of the molecule is CC(=O)c1ccccc1NC=CC1=[N+](CCCCS(=O)(=O)O)c2ccccc2C1(C)C. The van der Waals surface area contributed by atoms with Crippen LogP contribution < -0.4 is 5.32 Å². The van der Waals surface area contributed by atoms with Crippen LogP contribution in [0.2, 0.25) is 0 Å². The van der Waals surface area contributed by atoms with E-state index in [2.05, 4.69) is 35.9 Å². The van der Waals surface area contributed by atoms with Crippen LogP contribution in [0.25, 0.3) is 0 Å². The van der Waals surface area contributed by atoms with Crippen LogP contribution in [0, 0.1) is 0 Å². The van der Waals surface area contributed by atoms with E-state index in [0.29, 0.717) is 24.9 Å². The van der Waals surface area contributed by atoms with Gasteiger partial charge in [-0.1, -0.05) is 30.3 Å². The third-order valence-corrected chi connectivity index (χ3v) is 6.42. The van der Waals surface area contributed by atoms with Crippen molar-refractivity contribution in [3.05, 3.63) is 71.9 Å². The standard InChI is InChI=1S/C24H28N2O4S/c1-18(27)19-10-4-6-12-21(19)25-15-14-23-24(2,3)20-11-5-7-13-22(20)26(23)16-8-9-17-31(28,29)30/h4-7,10-15H,8-9,16-17H2,1-3H3,(H,28,29,30)/p+1. The average molecular weight is 442 g/mol. The topological polar surface area (TPSA) is 86.5 Å². The number of hydrogen-bond acceptors (Lipinski definition) is 4. The Hall–Kier alpha value is -2.77. The molecular weight excluding hydrogens is 412 g/mol. The Bertz CT molecular complexity index is 1150. The van der Waals surface area contributed by atoms with E-state index in [1.54, 1.807) is 13.0 Å². The minimum atomic E-state index is -3.95. The van der Waals surface area contributed by atoms with Gasteiger partial charge in [-0.05, 0) is 39.3 Å². The Balaban J connectivity index is 1.88. The summed E-state index contributed by atoms with van der Waals surface area (Å²) in [4.78, 5) is 11.9. The van der Waals surface area contributed by atoms with Crippen molar-refractivity contribution in [3.8, 4) is 0 Å². The van der Waals surface area contributed by atoms with Crippen molar-refractivity contribution in [2.45, 2.75) is 39.0 Å². The smallest absolute Gasteiger partial charge is 0.264 e. The number of allylic oxidation sites excluding steroid dienone is 1. The number of ketones is 1. The van der Waals surface area contributed by atoms with Crippen LogP contribution in [-0.4, -0.2) is 41.3 Å². The third kappa shape index (κ3) is 5.29. The molecule has 6 nitrogen and oxygen atoms in total. The number of anilines is 1. The van der Waals surface area contributed by atoms with E-state index >= 15 is 0 Å². The summed E-state index contributed by atoms with van der Waals surface area (Å²) >= 11 is 0. The van der Waals surface area contributed by atoms with E-state index < -0.39 is 10.1 Å². The monoisotopic (exact) mass is 441 g/mol. The molecule has 0 saturated carbocycles. The molecule has 0 saturated heterocycles. The van der Waals surface area contributed by atoms with E-state index in [9.17, 15) is 13.2 Å². The number of benzene rings is 2. The molecule has 0 atom stereocenters. The predicted molar refractivity (Wildman–Crippen MR) is 124 cm³/mol. The number of para-hydroxylation sites is 2. The Morgan fingerprint density at radius 2 is 1.77 bits per heavy atom. The number of Topliss-reactive ketones (excluding diaryl/α,β-unsaturated/α-hetero) is 1. The number of unbranched alkanes of at least 4 members (excludes halogenated alkanes) is 1. The van der Waals surface area contributed by atoms with Gasteiger partial charge in [0.2, 0.25) is 5.69 Å². The lowest BCUT2D eigenvalue weighted by atomic mass is 9.81. The first kappa shape index (κ1) is 22.9. The first-order chi connectivity index (χ1) is 14.6. The van der Waals surface area contributed by atoms with Crippen LogP contribution in [0.1, 0.15) is 49.5 Å². The average Bonchev–Trinajstić information content (AvgIpc) is 2.92. The highest BCUT2D eigenvalue weighted by Gasteiger charge is 2.43. The summed E-state index contributed by atoms with van der Waals surface area (Å²) in [5.41, 5.74) is 4.52. The lowest BCUT2D eigenvalue weighted by molar-refractivity contribution is -0.438. The van der Waals surface area contributed by atoms with Gasteiger partial charge in [0.05, 0.1) is 11.2 Å². The molecule has 3 rings (SSSR count). The van der Waals surface area contributed by atoms with Crippen LogP contribution in [0.5, 0.6) is 0 Å². The molecular formula is C24H29N2O4S+. The van der Waals surface area contributed by atoms with Gasteiger partial charge in [-0.3, -0.25) is 9.35 Å². The molecule has 31 heavy (non-hydrogen) atoms. The number of nitrogens with zero attached hydrogens (tertiary/aromatic N) is 1. The first-order valence-electron chi connectivity index (χ1n) is 10.3. The van der Waals surface area contributed by atoms with E-state index in [1.165, 1.54) is 5.56 Å². The van der Waals surface area contributed by atoms with Crippen LogP contribution in [0.4, 0.5) is 11.4 Å². The molecule has 2 aromatic carbocycles. The zero-order valence-electron chi connectivity index (χ0n) is 18.1. The minimum absolute atomic E-state index is 0.00165. The third-order valence-electron chi connectivity index (χ3n) is 5.62. The molecule has 7 heteroatoms. The molecule has 0 radical (unpaired) electrons. The summed E-state index contributed by atoms with van der Waals surface area (Å²) in [5.74, 6) is -0.237. The lowest BCUT2D eigenvalue weighted by Gasteiger charge is -2.15. The molecule has 164 valence electrons. The molecule has 1 heterocycles. The Morgan fingerprint density at radius 1 is 1.10 bits per heavy atom. The van der Waals surface area contributed by atoms with Crippen molar-refractivity contribution in [2.24, 2.45) is 0 Å². The molecule has 0 aliphatic carbocycles. The van der Waals surface area contributed by atoms with Gasteiger partial charge in [0.1, 0.15) is 6.54 Å². The maximum atomic E-state index is 11.9. The van der Waals surface area contributed by atoms with Crippen molar-refractivity contribution in [1.82, 2.24) is 0 Å². The summed E-state index contributed by atoms with van der Waals surface area (Å²) in [5, 5.41) is 3.23. The fourth-order valence-electron chi connectivity index (χ4n) is 4.06. The normalized spacial score (nSPS) is 15.4. The summed E-state index contributed by atoms with van der Waals surface area (Å²) < 4.78 is 33.3. The van der Waals surface area contributed by atoms with Gasteiger partial charge >= 0.3 is 0 Å². The van der Waals surface area contributed by atoms with Crippen molar-refractivity contribution in [1.29, 1.82) is 0 Å². The summed E-state index contributed by atoms with van der Waals surface area (Å²) in [6.45, 7) is 6.50. The number of carbonyl (C=O) groups excluding carboxylic acids is 1. The molecule has 2 N–H and O–H groups in total. The van der Waals surface area contributed by atoms with Gasteiger partial charge in [0.15, 0.2) is 11.5 Å². The number of hydrogen-bond donors (Lipinski definition) is 2. The van der Waals surface area contributed by atoms with Crippen molar-refractivity contribution < 1.29 is 22.3 Å². The summed E-state index contributed by atoms with van der Waals surface area (Å²) in [7, 11) is -3.95. The van der Waals surface area contributed by atoms with E-state index in [4.69, 9.17) is 4.55 Å². The molecule has 0 unspecified atom stereocenters. The molecule has 0 spiro atoms. The van der Waals surface area contributed by atoms with Crippen molar-refractivity contribution in [2.75, 3.05) is 17.6 Å². The maximum absolute atomic E-state index is 11.9. The largest absolute Gasteiger partial charge is 0.361 e. The Labute approximate surface area is 184 Å². The summed E-state index contributed by atoms with van der Waals surface area (Å²) in [6, 6.07) is 15.6. The Kier molecular flexibility index (Phi) is 6.77. The second-order valence-electron chi connectivity index (χ2n) is 8.25. The maximum Gasteiger partial charge on any atom is 0.264 e. The number of fused-ring (bicyclic) bond motifs is 1. The minimum Gasteiger partial charge on any atom is -0.361 e. The highest BCUT2D eigenvalue weighted by atomic mass is 32.2. The van der Waals surface area contributed by atoms with Crippen LogP contribution in [0.15, 0.2) is 60.8 Å². The molecule has 2 aromatic rings. The Morgan fingerprint density at radius 3 is 2.48 bits per heavy atom. The second-order valence-corrected chi connectivity index (χ2v) is 9.82. The zero-order chi connectivity index (χ0) is 22.6. The summed E-state index contributed by atoms with van der Waals surface area (Å²) in [6.07, 6.45) is 4.87. The van der Waals surface area contributed by atoms with Gasteiger partial charge in [-0.2, -0.15) is 13.0 Å². The zero-order valence-corrected chi connectivity index (χ0v) is 18.9. The highest BCUT2D eigenvalue weighted by Crippen LogP contribution is 2.39. The van der Waals surface area contributed by atoms with E-state index in [-0.39, 0.29) is 17.0 Å². The molecule has 0 amide bonds. The predicted octanol–water partition coefficient (Wildman–Crippen LogP) is 4.56. The fourth-order valence-corrected chi connectivity index (χ4v) is 4.63. The molecule has 1 aliphatic rings. The van der Waals surface area contributed by atoms with Gasteiger partial charge in [0.25, 0.3) is 10.1 Å². The van der Waals surface area contributed by atoms with E-state index in [0.717, 1.165) is 17.1 Å². The molecule has 0 aromatic heterocycles. The van der Waals surface area contributed by atoms with Gasteiger partial charge in [-0.25, -0.2) is 0 Å². The van der Waals surface area contributed by atoms with Crippen LogP contribution in [-0.2, 0) is 15.5 Å². The van der Waals surface area contributed by atoms with Crippen molar-refractivity contribution in [3.63, 3.8) is 0 Å². The molecule has 1 aliphatic heterocycles. The number of carbonyl (C=O) groups is 1. The number of nitrogens with one attached hydrogen (secondary N) is 1. The van der Waals surface area contributed by atoms with Gasteiger partial charge < -0.3 is 5.32 Å². The van der Waals surface area contributed by atoms with Crippen LogP contribution >= 0.6 is 0 Å². The lowest BCUT2D eigenvalue weighted by Crippen LogP contribution is -2.28. The first-order valence-corrected chi connectivity index (χ1v) is 11.9. The van der Waals surface area contributed by atoms with Crippen LogP contribution in [0.3, 0.4) is 0 Å². The van der Waals surface area contributed by atoms with Gasteiger partial charge in [0, 0.05) is 41.6 Å². The highest BCUT2D eigenvalue weighted by molar-refractivity contribution is 7.85. The second kappa shape index (κ2) is 9.16. The molecule has 0 bridgehead atoms. The van der Waals surface area contributed by atoms with Crippen molar-refractivity contribution >= 4 is 33.0 Å². The number of rotatable bonds is 9. The fraction of sp³-hybridized carbons (Fsp3) is 0.333. The molecule has 0 fully saturated rings. The van der Waals surface area contributed by atoms with E-state index in [1.807, 2.05) is 42.6 Å². The quantitative estimate of drug-likeness (QED) is 0.258.